The van der Waals surface area contributed by atoms with Gasteiger partial charge in [-0.1, -0.05) is 19.8 Å². The lowest BCUT2D eigenvalue weighted by Gasteiger charge is -2.05. The van der Waals surface area contributed by atoms with Gasteiger partial charge >= 0.3 is 0 Å². The van der Waals surface area contributed by atoms with E-state index in [1.165, 1.54) is 19.3 Å². The van der Waals surface area contributed by atoms with Gasteiger partial charge in [0.05, 0.1) is 11.0 Å². The normalized spacial score (nSPS) is 10.6. The van der Waals surface area contributed by atoms with Crippen molar-refractivity contribution in [2.24, 2.45) is 0 Å². The van der Waals surface area contributed by atoms with Gasteiger partial charge in [-0.25, -0.2) is 4.98 Å². The molecule has 0 amide bonds. The van der Waals surface area contributed by atoms with Gasteiger partial charge < -0.3 is 5.32 Å². The van der Waals surface area contributed by atoms with Crippen LogP contribution in [0.15, 0.2) is 30.5 Å². The number of pyridine rings is 2. The van der Waals surface area contributed by atoms with Crippen LogP contribution in [0.2, 0.25) is 0 Å². The highest BCUT2D eigenvalue weighted by Crippen LogP contribution is 2.12. The highest BCUT2D eigenvalue weighted by Gasteiger charge is 1.97. The van der Waals surface area contributed by atoms with Crippen molar-refractivity contribution >= 4 is 16.9 Å². The van der Waals surface area contributed by atoms with Gasteiger partial charge in [-0.05, 0) is 30.7 Å². The van der Waals surface area contributed by atoms with E-state index in [0.29, 0.717) is 0 Å². The Morgan fingerprint density at radius 3 is 2.94 bits per heavy atom. The minimum atomic E-state index is 0.941. The fourth-order valence-corrected chi connectivity index (χ4v) is 1.65. The van der Waals surface area contributed by atoms with Crippen LogP contribution in [0, 0.1) is 0 Å². The molecule has 0 bridgehead atoms. The van der Waals surface area contributed by atoms with E-state index in [-0.39, 0.29) is 0 Å². The smallest absolute Gasteiger partial charge is 0.126 e. The van der Waals surface area contributed by atoms with E-state index in [0.717, 1.165) is 23.4 Å². The van der Waals surface area contributed by atoms with E-state index in [2.05, 4.69) is 22.2 Å². The summed E-state index contributed by atoms with van der Waals surface area (Å²) in [5, 5.41) is 3.33. The second-order valence-corrected chi connectivity index (χ2v) is 3.87. The first kappa shape index (κ1) is 10.9. The monoisotopic (exact) mass is 215 g/mol. The molecule has 0 aliphatic carbocycles. The van der Waals surface area contributed by atoms with Gasteiger partial charge in [0, 0.05) is 12.7 Å². The summed E-state index contributed by atoms with van der Waals surface area (Å²) in [6.07, 6.45) is 5.50. The van der Waals surface area contributed by atoms with Crippen LogP contribution in [-0.2, 0) is 0 Å². The summed E-state index contributed by atoms with van der Waals surface area (Å²) >= 11 is 0. The van der Waals surface area contributed by atoms with E-state index in [4.69, 9.17) is 0 Å². The molecule has 0 saturated heterocycles. The van der Waals surface area contributed by atoms with Crippen molar-refractivity contribution < 1.29 is 0 Å². The summed E-state index contributed by atoms with van der Waals surface area (Å²) in [5.41, 5.74) is 1.89. The van der Waals surface area contributed by atoms with Gasteiger partial charge in [0.15, 0.2) is 0 Å². The van der Waals surface area contributed by atoms with Crippen LogP contribution >= 0.6 is 0 Å². The number of nitrogens with one attached hydrogen (secondary N) is 1. The van der Waals surface area contributed by atoms with Gasteiger partial charge in [-0.15, -0.1) is 0 Å². The molecule has 0 saturated carbocycles. The summed E-state index contributed by atoms with van der Waals surface area (Å²) in [6, 6.07) is 7.89. The Hall–Kier alpha value is -1.64. The van der Waals surface area contributed by atoms with Crippen LogP contribution < -0.4 is 5.32 Å². The molecule has 0 spiro atoms. The molecule has 0 radical (unpaired) electrons. The first-order valence-electron chi connectivity index (χ1n) is 5.86. The maximum atomic E-state index is 4.50. The fraction of sp³-hybridized carbons (Fsp3) is 0.385. The highest BCUT2D eigenvalue weighted by atomic mass is 15.0. The Morgan fingerprint density at radius 2 is 2.06 bits per heavy atom. The summed E-state index contributed by atoms with van der Waals surface area (Å²) in [5.74, 6) is 0.941. The minimum absolute atomic E-state index is 0.941. The molecular weight excluding hydrogens is 198 g/mol. The molecule has 0 aliphatic rings. The lowest BCUT2D eigenvalue weighted by Crippen LogP contribution is -2.03. The summed E-state index contributed by atoms with van der Waals surface area (Å²) in [4.78, 5) is 8.74. The number of rotatable bonds is 5. The fourth-order valence-electron chi connectivity index (χ4n) is 1.65. The number of hydrogen-bond acceptors (Lipinski definition) is 3. The Labute approximate surface area is 95.9 Å². The number of anilines is 1. The average molecular weight is 215 g/mol. The lowest BCUT2D eigenvalue weighted by atomic mass is 10.2. The average Bonchev–Trinajstić information content (AvgIpc) is 2.34. The van der Waals surface area contributed by atoms with Crippen molar-refractivity contribution in [3.8, 4) is 0 Å². The maximum Gasteiger partial charge on any atom is 0.126 e. The summed E-state index contributed by atoms with van der Waals surface area (Å²) in [6.45, 7) is 3.20. The molecule has 0 atom stereocenters. The van der Waals surface area contributed by atoms with Crippen molar-refractivity contribution in [1.29, 1.82) is 0 Å². The zero-order valence-corrected chi connectivity index (χ0v) is 9.61. The van der Waals surface area contributed by atoms with Crippen molar-refractivity contribution in [2.45, 2.75) is 26.2 Å². The number of fused-ring (bicyclic) bond motifs is 1. The quantitative estimate of drug-likeness (QED) is 0.778. The van der Waals surface area contributed by atoms with Crippen LogP contribution in [0.5, 0.6) is 0 Å². The number of hydrogen-bond donors (Lipinski definition) is 1. The van der Waals surface area contributed by atoms with E-state index >= 15 is 0 Å². The molecule has 3 heteroatoms. The lowest BCUT2D eigenvalue weighted by molar-refractivity contribution is 0.742. The van der Waals surface area contributed by atoms with Crippen LogP contribution in [0.25, 0.3) is 11.0 Å². The Bertz CT molecular complexity index is 454. The van der Waals surface area contributed by atoms with Crippen LogP contribution in [0.3, 0.4) is 0 Å². The van der Waals surface area contributed by atoms with Gasteiger partial charge in [0.25, 0.3) is 0 Å². The minimum Gasteiger partial charge on any atom is -0.370 e. The maximum absolute atomic E-state index is 4.50. The third-order valence-corrected chi connectivity index (χ3v) is 2.54. The zero-order valence-electron chi connectivity index (χ0n) is 9.61. The molecule has 0 aliphatic heterocycles. The Kier molecular flexibility index (Phi) is 3.70. The van der Waals surface area contributed by atoms with E-state index < -0.39 is 0 Å². The van der Waals surface area contributed by atoms with Gasteiger partial charge in [-0.3, -0.25) is 4.98 Å². The van der Waals surface area contributed by atoms with Gasteiger partial charge in [0.1, 0.15) is 5.82 Å². The Balaban J connectivity index is 2.02. The molecule has 0 unspecified atom stereocenters. The van der Waals surface area contributed by atoms with Crippen LogP contribution in [0.4, 0.5) is 5.82 Å². The predicted octanol–water partition coefficient (Wildman–Crippen LogP) is 3.23. The molecule has 84 valence electrons. The van der Waals surface area contributed by atoms with Crippen molar-refractivity contribution in [3.05, 3.63) is 30.5 Å². The molecule has 1 N–H and O–H groups in total. The first-order chi connectivity index (χ1) is 7.90. The zero-order chi connectivity index (χ0) is 11.2. The molecule has 2 aromatic rings. The van der Waals surface area contributed by atoms with E-state index in [9.17, 15) is 0 Å². The van der Waals surface area contributed by atoms with Gasteiger partial charge in [-0.2, -0.15) is 0 Å². The molecule has 16 heavy (non-hydrogen) atoms. The topological polar surface area (TPSA) is 37.8 Å². The molecule has 2 aromatic heterocycles. The van der Waals surface area contributed by atoms with Crippen LogP contribution in [-0.4, -0.2) is 16.5 Å². The molecule has 0 fully saturated rings. The third-order valence-electron chi connectivity index (χ3n) is 2.54. The molecule has 2 rings (SSSR count). The number of nitrogens with zero attached hydrogens (tertiary/aromatic N) is 2. The standard InChI is InChI=1S/C13H17N3/c1-2-3-4-9-15-13-8-7-11-12(16-13)6-5-10-14-11/h5-8,10H,2-4,9H2,1H3,(H,15,16). The van der Waals surface area contributed by atoms with Crippen molar-refractivity contribution in [1.82, 2.24) is 9.97 Å². The molecular formula is C13H17N3. The molecule has 0 aromatic carbocycles. The number of unbranched alkanes of at least 4 members (excludes halogenated alkanes) is 2. The van der Waals surface area contributed by atoms with E-state index in [1.807, 2.05) is 24.3 Å². The summed E-state index contributed by atoms with van der Waals surface area (Å²) < 4.78 is 0. The highest BCUT2D eigenvalue weighted by molar-refractivity contribution is 5.75. The SMILES string of the molecule is CCCCCNc1ccc2ncccc2n1. The number of aromatic nitrogens is 2. The molecule has 2 heterocycles. The second-order valence-electron chi connectivity index (χ2n) is 3.87. The van der Waals surface area contributed by atoms with Gasteiger partial charge in [0.2, 0.25) is 0 Å². The van der Waals surface area contributed by atoms with Crippen molar-refractivity contribution in [2.75, 3.05) is 11.9 Å². The first-order valence-corrected chi connectivity index (χ1v) is 5.86. The summed E-state index contributed by atoms with van der Waals surface area (Å²) in [7, 11) is 0. The van der Waals surface area contributed by atoms with E-state index in [1.54, 1.807) is 6.20 Å². The molecule has 3 nitrogen and oxygen atoms in total. The Morgan fingerprint density at radius 1 is 1.12 bits per heavy atom. The van der Waals surface area contributed by atoms with Crippen LogP contribution in [0.1, 0.15) is 26.2 Å². The largest absolute Gasteiger partial charge is 0.370 e. The third kappa shape index (κ3) is 2.69. The van der Waals surface area contributed by atoms with Crippen molar-refractivity contribution in [3.63, 3.8) is 0 Å². The second kappa shape index (κ2) is 5.45. The predicted molar refractivity (Wildman–Crippen MR) is 67.6 cm³/mol.